The van der Waals surface area contributed by atoms with Crippen molar-refractivity contribution in [2.24, 2.45) is 0 Å². The molecule has 0 aliphatic carbocycles. The van der Waals surface area contributed by atoms with Crippen LogP contribution in [-0.4, -0.2) is 21.1 Å². The molecule has 0 bridgehead atoms. The Morgan fingerprint density at radius 2 is 2.23 bits per heavy atom. The van der Waals surface area contributed by atoms with E-state index in [1.54, 1.807) is 31.3 Å². The summed E-state index contributed by atoms with van der Waals surface area (Å²) < 4.78 is 0. The standard InChI is InChI=1S/C18H17N5O2S/c1-10-12(11(2)20-18(25)13(10)9-19)5-6-17(24)21-16-8-14(22-23-16)15-4-3-7-26-15/h3-4,7-8H,5-6H2,1-2H3,(H,20,25)(H2,21,22,23,24). The van der Waals surface area contributed by atoms with E-state index in [9.17, 15) is 9.59 Å². The van der Waals surface area contributed by atoms with E-state index in [1.165, 1.54) is 0 Å². The Hall–Kier alpha value is -3.18. The molecule has 8 heteroatoms. The summed E-state index contributed by atoms with van der Waals surface area (Å²) in [6.45, 7) is 3.50. The van der Waals surface area contributed by atoms with Crippen molar-refractivity contribution in [3.05, 3.63) is 56.3 Å². The van der Waals surface area contributed by atoms with E-state index in [0.717, 1.165) is 16.1 Å². The number of hydrogen-bond acceptors (Lipinski definition) is 5. The maximum absolute atomic E-state index is 12.2. The molecule has 0 saturated carbocycles. The van der Waals surface area contributed by atoms with Crippen LogP contribution >= 0.6 is 11.3 Å². The van der Waals surface area contributed by atoms with Gasteiger partial charge < -0.3 is 10.3 Å². The summed E-state index contributed by atoms with van der Waals surface area (Å²) in [6.07, 6.45) is 0.650. The second-order valence-corrected chi connectivity index (χ2v) is 6.81. The zero-order valence-corrected chi connectivity index (χ0v) is 15.2. The predicted molar refractivity (Wildman–Crippen MR) is 100 cm³/mol. The normalized spacial score (nSPS) is 10.5. The number of rotatable bonds is 5. The summed E-state index contributed by atoms with van der Waals surface area (Å²) in [5.41, 5.74) is 2.67. The van der Waals surface area contributed by atoms with E-state index < -0.39 is 5.56 Å². The fourth-order valence-corrected chi connectivity index (χ4v) is 3.50. The molecule has 3 aromatic rings. The molecule has 3 rings (SSSR count). The van der Waals surface area contributed by atoms with Crippen molar-refractivity contribution < 1.29 is 4.79 Å². The zero-order chi connectivity index (χ0) is 18.7. The topological polar surface area (TPSA) is 114 Å². The first-order chi connectivity index (χ1) is 12.5. The summed E-state index contributed by atoms with van der Waals surface area (Å²) >= 11 is 1.58. The first-order valence-electron chi connectivity index (χ1n) is 8.01. The number of aryl methyl sites for hydroxylation is 1. The highest BCUT2D eigenvalue weighted by Crippen LogP contribution is 2.24. The molecular formula is C18H17N5O2S. The van der Waals surface area contributed by atoms with Crippen molar-refractivity contribution in [2.45, 2.75) is 26.7 Å². The highest BCUT2D eigenvalue weighted by molar-refractivity contribution is 7.13. The summed E-state index contributed by atoms with van der Waals surface area (Å²) in [5, 5.41) is 20.8. The van der Waals surface area contributed by atoms with Gasteiger partial charge in [0.2, 0.25) is 5.91 Å². The number of H-pyrrole nitrogens is 2. The smallest absolute Gasteiger partial charge is 0.266 e. The van der Waals surface area contributed by atoms with Crippen LogP contribution in [0.1, 0.15) is 28.8 Å². The molecule has 0 radical (unpaired) electrons. The average molecular weight is 367 g/mol. The van der Waals surface area contributed by atoms with Crippen molar-refractivity contribution in [2.75, 3.05) is 5.32 Å². The molecule has 0 spiro atoms. The summed E-state index contributed by atoms with van der Waals surface area (Å²) in [4.78, 5) is 27.7. The Kier molecular flexibility index (Phi) is 5.00. The number of amides is 1. The van der Waals surface area contributed by atoms with Crippen LogP contribution in [0.4, 0.5) is 5.82 Å². The number of aromatic amines is 2. The molecule has 132 valence electrons. The lowest BCUT2D eigenvalue weighted by molar-refractivity contribution is -0.116. The number of hydrogen-bond donors (Lipinski definition) is 3. The van der Waals surface area contributed by atoms with Crippen molar-refractivity contribution in [1.29, 1.82) is 5.26 Å². The first-order valence-corrected chi connectivity index (χ1v) is 8.89. The van der Waals surface area contributed by atoms with Crippen molar-refractivity contribution in [3.63, 3.8) is 0 Å². The first kappa shape index (κ1) is 17.6. The van der Waals surface area contributed by atoms with Gasteiger partial charge in [-0.3, -0.25) is 14.7 Å². The lowest BCUT2D eigenvalue weighted by Crippen LogP contribution is -2.18. The van der Waals surface area contributed by atoms with Gasteiger partial charge in [0.15, 0.2) is 5.82 Å². The van der Waals surface area contributed by atoms with E-state index in [0.29, 0.717) is 23.5 Å². The Bertz CT molecular complexity index is 1040. The molecule has 0 aliphatic heterocycles. The fourth-order valence-electron chi connectivity index (χ4n) is 2.81. The van der Waals surface area contributed by atoms with Gasteiger partial charge in [-0.15, -0.1) is 11.3 Å². The van der Waals surface area contributed by atoms with Crippen LogP contribution in [0.5, 0.6) is 0 Å². The van der Waals surface area contributed by atoms with E-state index in [1.807, 2.05) is 23.6 Å². The minimum absolute atomic E-state index is 0.0962. The van der Waals surface area contributed by atoms with Crippen LogP contribution in [-0.2, 0) is 11.2 Å². The number of nitriles is 1. The second kappa shape index (κ2) is 7.37. The molecule has 3 aromatic heterocycles. The van der Waals surface area contributed by atoms with Crippen LogP contribution in [0, 0.1) is 25.2 Å². The molecule has 0 aromatic carbocycles. The molecule has 3 N–H and O–H groups in total. The van der Waals surface area contributed by atoms with E-state index in [2.05, 4.69) is 20.5 Å². The van der Waals surface area contributed by atoms with Gasteiger partial charge in [0.05, 0.1) is 10.6 Å². The lowest BCUT2D eigenvalue weighted by atomic mass is 9.99. The third kappa shape index (κ3) is 3.58. The monoisotopic (exact) mass is 367 g/mol. The second-order valence-electron chi connectivity index (χ2n) is 5.86. The third-order valence-electron chi connectivity index (χ3n) is 4.15. The zero-order valence-electron chi connectivity index (χ0n) is 14.3. The highest BCUT2D eigenvalue weighted by Gasteiger charge is 2.14. The van der Waals surface area contributed by atoms with Crippen molar-refractivity contribution in [1.82, 2.24) is 15.2 Å². The van der Waals surface area contributed by atoms with Gasteiger partial charge in [-0.25, -0.2) is 0 Å². The molecule has 1 amide bonds. The number of nitrogens with zero attached hydrogens (tertiary/aromatic N) is 2. The molecule has 26 heavy (non-hydrogen) atoms. The SMILES string of the molecule is Cc1[nH]c(=O)c(C#N)c(C)c1CCC(=O)Nc1cc(-c2cccs2)[nH]n1. The van der Waals surface area contributed by atoms with Crippen molar-refractivity contribution >= 4 is 23.1 Å². The maximum Gasteiger partial charge on any atom is 0.266 e. The molecule has 0 unspecified atom stereocenters. The molecule has 7 nitrogen and oxygen atoms in total. The van der Waals surface area contributed by atoms with Gasteiger partial charge in [-0.05, 0) is 42.8 Å². The van der Waals surface area contributed by atoms with E-state index >= 15 is 0 Å². The van der Waals surface area contributed by atoms with Crippen LogP contribution in [0.2, 0.25) is 0 Å². The molecule has 0 saturated heterocycles. The van der Waals surface area contributed by atoms with Gasteiger partial charge >= 0.3 is 0 Å². The Morgan fingerprint density at radius 3 is 2.92 bits per heavy atom. The number of thiophene rings is 1. The number of pyridine rings is 1. The third-order valence-corrected chi connectivity index (χ3v) is 5.06. The van der Waals surface area contributed by atoms with Crippen LogP contribution in [0.3, 0.4) is 0 Å². The number of carbonyl (C=O) groups excluding carboxylic acids is 1. The fraction of sp³-hybridized carbons (Fsp3) is 0.222. The molecule has 0 aliphatic rings. The predicted octanol–water partition coefficient (Wildman–Crippen LogP) is 2.89. The molecular weight excluding hydrogens is 350 g/mol. The number of anilines is 1. The average Bonchev–Trinajstić information content (AvgIpc) is 3.25. The highest BCUT2D eigenvalue weighted by atomic mass is 32.1. The minimum Gasteiger partial charge on any atom is -0.325 e. The van der Waals surface area contributed by atoms with Crippen molar-refractivity contribution in [3.8, 4) is 16.6 Å². The minimum atomic E-state index is -0.395. The van der Waals surface area contributed by atoms with Gasteiger partial charge in [0.25, 0.3) is 5.56 Å². The number of aromatic nitrogens is 3. The Balaban J connectivity index is 1.67. The van der Waals surface area contributed by atoms with Gasteiger partial charge in [-0.1, -0.05) is 6.07 Å². The summed E-state index contributed by atoms with van der Waals surface area (Å²) in [5.74, 6) is 0.281. The Labute approximate surface area is 153 Å². The van der Waals surface area contributed by atoms with Crippen LogP contribution in [0.15, 0.2) is 28.4 Å². The molecule has 3 heterocycles. The van der Waals surface area contributed by atoms with Crippen LogP contribution in [0.25, 0.3) is 10.6 Å². The van der Waals surface area contributed by atoms with Gasteiger partial charge in [-0.2, -0.15) is 10.4 Å². The van der Waals surface area contributed by atoms with E-state index in [4.69, 9.17) is 5.26 Å². The number of carbonyl (C=O) groups is 1. The lowest BCUT2D eigenvalue weighted by Gasteiger charge is -2.10. The molecule has 0 fully saturated rings. The van der Waals surface area contributed by atoms with Crippen LogP contribution < -0.4 is 10.9 Å². The van der Waals surface area contributed by atoms with Gasteiger partial charge in [0.1, 0.15) is 11.6 Å². The molecule has 0 atom stereocenters. The summed E-state index contributed by atoms with van der Waals surface area (Å²) in [7, 11) is 0. The number of nitrogens with one attached hydrogen (secondary N) is 3. The maximum atomic E-state index is 12.2. The largest absolute Gasteiger partial charge is 0.325 e. The van der Waals surface area contributed by atoms with Gasteiger partial charge in [0, 0.05) is 18.2 Å². The summed E-state index contributed by atoms with van der Waals surface area (Å²) in [6, 6.07) is 7.62. The van der Waals surface area contributed by atoms with E-state index in [-0.39, 0.29) is 17.9 Å². The Morgan fingerprint density at radius 1 is 1.42 bits per heavy atom. The quantitative estimate of drug-likeness (QED) is 0.643.